The van der Waals surface area contributed by atoms with Crippen molar-refractivity contribution in [3.8, 4) is 0 Å². The molecular weight excluding hydrogens is 340 g/mol. The van der Waals surface area contributed by atoms with E-state index in [0.717, 1.165) is 31.9 Å². The van der Waals surface area contributed by atoms with E-state index in [2.05, 4.69) is 29.2 Å². The maximum atomic E-state index is 12.0. The first-order valence-electron chi connectivity index (χ1n) is 8.76. The molecule has 0 saturated heterocycles. The van der Waals surface area contributed by atoms with Crippen molar-refractivity contribution >= 4 is 15.7 Å². The average molecular weight is 366 g/mol. The topological polar surface area (TPSA) is 84.3 Å². The molecule has 1 amide bonds. The van der Waals surface area contributed by atoms with Gasteiger partial charge in [0, 0.05) is 37.4 Å². The quantitative estimate of drug-likeness (QED) is 0.809. The zero-order valence-electron chi connectivity index (χ0n) is 14.8. The number of allylic oxidation sites excluding steroid dienone is 1. The van der Waals surface area contributed by atoms with Gasteiger partial charge in [-0.05, 0) is 12.0 Å². The number of rotatable bonds is 6. The second-order valence-electron chi connectivity index (χ2n) is 7.38. The molecule has 0 radical (unpaired) electrons. The smallest absolute Gasteiger partial charge is 0.220 e. The third-order valence-corrected chi connectivity index (χ3v) is 5.93. The summed E-state index contributed by atoms with van der Waals surface area (Å²) in [6.45, 7) is 8.67. The molecule has 2 aliphatic heterocycles. The van der Waals surface area contributed by atoms with Crippen LogP contribution in [0.15, 0.2) is 17.6 Å². The van der Waals surface area contributed by atoms with E-state index in [4.69, 9.17) is 0 Å². The van der Waals surface area contributed by atoms with Gasteiger partial charge in [0.1, 0.15) is 0 Å². The predicted octanol–water partition coefficient (Wildman–Crippen LogP) is 0.919. The SMILES string of the molecule is CC(C)CN1CCn2nc(CNC(=O)C[C@@H]3C=CS(=O)(=O)C3)cc2C1. The van der Waals surface area contributed by atoms with E-state index >= 15 is 0 Å². The molecule has 1 atom stereocenters. The zero-order chi connectivity index (χ0) is 18.0. The maximum absolute atomic E-state index is 12.0. The van der Waals surface area contributed by atoms with Crippen molar-refractivity contribution in [1.82, 2.24) is 20.0 Å². The van der Waals surface area contributed by atoms with Crippen LogP contribution in [0.1, 0.15) is 31.7 Å². The summed E-state index contributed by atoms with van der Waals surface area (Å²) in [4.78, 5) is 14.4. The fourth-order valence-electron chi connectivity index (χ4n) is 3.41. The summed E-state index contributed by atoms with van der Waals surface area (Å²) in [5.74, 6) is 0.316. The Bertz CT molecular complexity index is 767. The van der Waals surface area contributed by atoms with E-state index in [0.29, 0.717) is 12.5 Å². The molecule has 3 heterocycles. The van der Waals surface area contributed by atoms with Crippen LogP contribution in [0.3, 0.4) is 0 Å². The highest BCUT2D eigenvalue weighted by molar-refractivity contribution is 7.94. The fraction of sp³-hybridized carbons (Fsp3) is 0.647. The van der Waals surface area contributed by atoms with Crippen molar-refractivity contribution < 1.29 is 13.2 Å². The van der Waals surface area contributed by atoms with Gasteiger partial charge in [-0.25, -0.2) is 8.42 Å². The molecule has 1 N–H and O–H groups in total. The van der Waals surface area contributed by atoms with Crippen LogP contribution in [0.4, 0.5) is 0 Å². The van der Waals surface area contributed by atoms with Crippen LogP contribution >= 0.6 is 0 Å². The van der Waals surface area contributed by atoms with Crippen LogP contribution in [0.2, 0.25) is 0 Å². The monoisotopic (exact) mass is 366 g/mol. The number of hydrogen-bond donors (Lipinski definition) is 1. The first-order valence-corrected chi connectivity index (χ1v) is 10.5. The Morgan fingerprint density at radius 2 is 2.20 bits per heavy atom. The number of hydrogen-bond acceptors (Lipinski definition) is 5. The highest BCUT2D eigenvalue weighted by Crippen LogP contribution is 2.18. The van der Waals surface area contributed by atoms with Crippen molar-refractivity contribution in [2.45, 2.75) is 39.9 Å². The number of nitrogens with one attached hydrogen (secondary N) is 1. The number of aromatic nitrogens is 2. The first-order chi connectivity index (χ1) is 11.8. The summed E-state index contributed by atoms with van der Waals surface area (Å²) in [5.41, 5.74) is 2.03. The van der Waals surface area contributed by atoms with Crippen molar-refractivity contribution in [3.63, 3.8) is 0 Å². The Morgan fingerprint density at radius 1 is 1.40 bits per heavy atom. The van der Waals surface area contributed by atoms with Gasteiger partial charge >= 0.3 is 0 Å². The molecule has 0 unspecified atom stereocenters. The van der Waals surface area contributed by atoms with Gasteiger partial charge in [-0.3, -0.25) is 14.4 Å². The molecule has 25 heavy (non-hydrogen) atoms. The highest BCUT2D eigenvalue weighted by atomic mass is 32.2. The summed E-state index contributed by atoms with van der Waals surface area (Å²) in [6.07, 6.45) is 1.80. The van der Waals surface area contributed by atoms with Crippen molar-refractivity contribution in [3.05, 3.63) is 28.9 Å². The van der Waals surface area contributed by atoms with E-state index in [1.807, 2.05) is 10.7 Å². The van der Waals surface area contributed by atoms with E-state index in [9.17, 15) is 13.2 Å². The third-order valence-electron chi connectivity index (χ3n) is 4.47. The number of sulfone groups is 1. The van der Waals surface area contributed by atoms with Gasteiger partial charge in [-0.1, -0.05) is 19.9 Å². The number of carbonyl (C=O) groups is 1. The summed E-state index contributed by atoms with van der Waals surface area (Å²) in [6, 6.07) is 2.05. The minimum absolute atomic E-state index is 0.0326. The van der Waals surface area contributed by atoms with Crippen LogP contribution in [-0.2, 0) is 34.3 Å². The average Bonchev–Trinajstić information content (AvgIpc) is 3.06. The Kier molecular flexibility index (Phi) is 5.29. The van der Waals surface area contributed by atoms with Crippen LogP contribution in [0, 0.1) is 11.8 Å². The maximum Gasteiger partial charge on any atom is 0.220 e. The summed E-state index contributed by atoms with van der Waals surface area (Å²) < 4.78 is 24.8. The van der Waals surface area contributed by atoms with E-state index in [-0.39, 0.29) is 24.0 Å². The lowest BCUT2D eigenvalue weighted by Crippen LogP contribution is -2.36. The van der Waals surface area contributed by atoms with Gasteiger partial charge in [0.25, 0.3) is 0 Å². The van der Waals surface area contributed by atoms with Crippen LogP contribution < -0.4 is 5.32 Å². The lowest BCUT2D eigenvalue weighted by atomic mass is 10.1. The van der Waals surface area contributed by atoms with E-state index in [1.54, 1.807) is 6.08 Å². The van der Waals surface area contributed by atoms with Crippen LogP contribution in [-0.4, -0.2) is 47.8 Å². The predicted molar refractivity (Wildman–Crippen MR) is 95.2 cm³/mol. The second kappa shape index (κ2) is 7.29. The lowest BCUT2D eigenvalue weighted by molar-refractivity contribution is -0.121. The number of amides is 1. The first kappa shape index (κ1) is 18.1. The molecule has 0 aliphatic carbocycles. The standard InChI is InChI=1S/C17H26N4O3S/c1-13(2)10-20-4-5-21-16(11-20)8-15(19-21)9-18-17(22)7-14-3-6-25(23,24)12-14/h3,6,8,13-14H,4-5,7,9-12H2,1-2H3,(H,18,22)/t14-/m0/s1. The molecule has 8 heteroatoms. The molecule has 3 rings (SSSR count). The van der Waals surface area contributed by atoms with Gasteiger partial charge in [0.05, 0.1) is 30.2 Å². The Balaban J connectivity index is 1.49. The summed E-state index contributed by atoms with van der Waals surface area (Å²) in [7, 11) is -3.11. The minimum atomic E-state index is -3.11. The Hall–Kier alpha value is -1.67. The fourth-order valence-corrected chi connectivity index (χ4v) is 4.80. The second-order valence-corrected chi connectivity index (χ2v) is 9.31. The van der Waals surface area contributed by atoms with Crippen molar-refractivity contribution in [1.29, 1.82) is 0 Å². The molecule has 138 valence electrons. The summed E-state index contributed by atoms with van der Waals surface area (Å²) >= 11 is 0. The molecule has 2 aliphatic rings. The van der Waals surface area contributed by atoms with Crippen molar-refractivity contribution in [2.75, 3.05) is 18.8 Å². The van der Waals surface area contributed by atoms with Gasteiger partial charge < -0.3 is 5.32 Å². The molecule has 0 aromatic carbocycles. The van der Waals surface area contributed by atoms with E-state index in [1.165, 1.54) is 11.1 Å². The van der Waals surface area contributed by atoms with E-state index < -0.39 is 9.84 Å². The highest BCUT2D eigenvalue weighted by Gasteiger charge is 2.24. The Morgan fingerprint density at radius 3 is 2.88 bits per heavy atom. The number of carbonyl (C=O) groups excluding carboxylic acids is 1. The van der Waals surface area contributed by atoms with Crippen molar-refractivity contribution in [2.24, 2.45) is 11.8 Å². The molecule has 7 nitrogen and oxygen atoms in total. The normalized spacial score (nSPS) is 22.3. The number of nitrogens with zero attached hydrogens (tertiary/aromatic N) is 3. The number of fused-ring (bicyclic) bond motifs is 1. The third kappa shape index (κ3) is 4.92. The minimum Gasteiger partial charge on any atom is -0.350 e. The molecule has 1 aromatic heterocycles. The zero-order valence-corrected chi connectivity index (χ0v) is 15.6. The largest absolute Gasteiger partial charge is 0.350 e. The molecule has 0 fully saturated rings. The van der Waals surface area contributed by atoms with Gasteiger partial charge in [-0.2, -0.15) is 5.10 Å². The Labute approximate surface area is 149 Å². The lowest BCUT2D eigenvalue weighted by Gasteiger charge is -2.28. The van der Waals surface area contributed by atoms with Gasteiger partial charge in [0.2, 0.25) is 5.91 Å². The molecule has 1 aromatic rings. The molecular formula is C17H26N4O3S. The molecule has 0 bridgehead atoms. The van der Waals surface area contributed by atoms with Crippen LogP contribution in [0.5, 0.6) is 0 Å². The molecule has 0 spiro atoms. The van der Waals surface area contributed by atoms with Gasteiger partial charge in [0.15, 0.2) is 9.84 Å². The summed E-state index contributed by atoms with van der Waals surface area (Å²) in [5, 5.41) is 8.61. The van der Waals surface area contributed by atoms with Crippen LogP contribution in [0.25, 0.3) is 0 Å². The molecule has 0 saturated carbocycles. The van der Waals surface area contributed by atoms with Gasteiger partial charge in [-0.15, -0.1) is 0 Å².